The van der Waals surface area contributed by atoms with Crippen LogP contribution in [0, 0.1) is 5.92 Å². The number of likely N-dealkylation sites (tertiary alicyclic amines) is 1. The van der Waals surface area contributed by atoms with Crippen LogP contribution < -0.4 is 5.32 Å². The van der Waals surface area contributed by atoms with Crippen LogP contribution in [0.3, 0.4) is 0 Å². The second-order valence-corrected chi connectivity index (χ2v) is 6.82. The number of methoxy groups -OCH3 is 1. The molecule has 0 spiro atoms. The summed E-state index contributed by atoms with van der Waals surface area (Å²) in [6.45, 7) is 5.93. The number of nitrogens with one attached hydrogen (secondary N) is 1. The lowest BCUT2D eigenvalue weighted by atomic mass is 10.1. The lowest BCUT2D eigenvalue weighted by molar-refractivity contribution is 0.178. The van der Waals surface area contributed by atoms with Crippen molar-refractivity contribution in [2.75, 3.05) is 51.4 Å². The van der Waals surface area contributed by atoms with Crippen LogP contribution >= 0.6 is 11.8 Å². The van der Waals surface area contributed by atoms with Gasteiger partial charge in [-0.25, -0.2) is 0 Å². The first-order valence-electron chi connectivity index (χ1n) is 7.41. The molecule has 0 amide bonds. The van der Waals surface area contributed by atoms with Gasteiger partial charge in [-0.1, -0.05) is 0 Å². The summed E-state index contributed by atoms with van der Waals surface area (Å²) >= 11 is 2.11. The van der Waals surface area contributed by atoms with E-state index >= 15 is 0 Å². The zero-order valence-corrected chi connectivity index (χ0v) is 12.5. The summed E-state index contributed by atoms with van der Waals surface area (Å²) in [5, 5.41) is 3.79. The van der Waals surface area contributed by atoms with E-state index in [4.69, 9.17) is 4.74 Å². The second kappa shape index (κ2) is 8.41. The quantitative estimate of drug-likeness (QED) is 0.715. The summed E-state index contributed by atoms with van der Waals surface area (Å²) in [6, 6.07) is 0.800. The number of rotatable bonds is 7. The molecule has 3 nitrogen and oxygen atoms in total. The van der Waals surface area contributed by atoms with Gasteiger partial charge in [-0.3, -0.25) is 0 Å². The Balaban J connectivity index is 1.54. The summed E-state index contributed by atoms with van der Waals surface area (Å²) in [4.78, 5) is 2.60. The Morgan fingerprint density at radius 2 is 2.11 bits per heavy atom. The molecule has 106 valence electrons. The highest BCUT2D eigenvalue weighted by atomic mass is 32.2. The fourth-order valence-electron chi connectivity index (χ4n) is 2.95. The molecule has 0 unspecified atom stereocenters. The predicted octanol–water partition coefficient (Wildman–Crippen LogP) is 1.83. The molecular weight excluding hydrogens is 244 g/mol. The Morgan fingerprint density at radius 3 is 2.89 bits per heavy atom. The summed E-state index contributed by atoms with van der Waals surface area (Å²) in [5.41, 5.74) is 0. The summed E-state index contributed by atoms with van der Waals surface area (Å²) in [5.74, 6) is 3.58. The van der Waals surface area contributed by atoms with Crippen molar-refractivity contribution < 1.29 is 4.74 Å². The van der Waals surface area contributed by atoms with Gasteiger partial charge in [0.05, 0.1) is 0 Å². The van der Waals surface area contributed by atoms with E-state index in [2.05, 4.69) is 22.0 Å². The first-order valence-corrected chi connectivity index (χ1v) is 8.56. The minimum absolute atomic E-state index is 0.800. The lowest BCUT2D eigenvalue weighted by Gasteiger charge is -2.24. The number of thioether (sulfide) groups is 1. The van der Waals surface area contributed by atoms with Gasteiger partial charge >= 0.3 is 0 Å². The third-order valence-electron chi connectivity index (χ3n) is 4.11. The van der Waals surface area contributed by atoms with Crippen molar-refractivity contribution in [3.05, 3.63) is 0 Å². The molecule has 2 saturated heterocycles. The third-order valence-corrected chi connectivity index (χ3v) is 5.16. The van der Waals surface area contributed by atoms with E-state index in [0.717, 1.165) is 18.6 Å². The van der Waals surface area contributed by atoms with Gasteiger partial charge < -0.3 is 15.0 Å². The van der Waals surface area contributed by atoms with Gasteiger partial charge in [-0.2, -0.15) is 11.8 Å². The van der Waals surface area contributed by atoms with Gasteiger partial charge in [0, 0.05) is 32.8 Å². The topological polar surface area (TPSA) is 24.5 Å². The molecule has 2 rings (SSSR count). The van der Waals surface area contributed by atoms with Crippen LogP contribution in [0.5, 0.6) is 0 Å². The van der Waals surface area contributed by atoms with Crippen molar-refractivity contribution in [2.45, 2.75) is 31.7 Å². The third kappa shape index (κ3) is 5.08. The minimum Gasteiger partial charge on any atom is -0.385 e. The number of ether oxygens (including phenoxy) is 1. The van der Waals surface area contributed by atoms with Crippen molar-refractivity contribution in [3.8, 4) is 0 Å². The highest BCUT2D eigenvalue weighted by Gasteiger charge is 2.23. The molecule has 0 aromatic heterocycles. The number of nitrogens with zero attached hydrogens (tertiary/aromatic N) is 1. The number of hydrogen-bond acceptors (Lipinski definition) is 4. The maximum absolute atomic E-state index is 5.11. The summed E-state index contributed by atoms with van der Waals surface area (Å²) in [7, 11) is 1.79. The van der Waals surface area contributed by atoms with Gasteiger partial charge in [0.15, 0.2) is 0 Å². The zero-order chi connectivity index (χ0) is 12.6. The standard InChI is InChI=1S/C14H28N2OS/c1-17-8-2-6-16-7-3-13(12-16)11-15-14-4-9-18-10-5-14/h13-15H,2-12H2,1H3/t13-/m0/s1. The van der Waals surface area contributed by atoms with Gasteiger partial charge in [0.1, 0.15) is 0 Å². The minimum atomic E-state index is 0.800. The van der Waals surface area contributed by atoms with Crippen molar-refractivity contribution in [3.63, 3.8) is 0 Å². The molecule has 2 heterocycles. The molecule has 2 fully saturated rings. The summed E-state index contributed by atoms with van der Waals surface area (Å²) in [6.07, 6.45) is 5.29. The molecule has 0 aliphatic carbocycles. The molecule has 1 atom stereocenters. The molecule has 1 N–H and O–H groups in total. The first kappa shape index (κ1) is 14.6. The monoisotopic (exact) mass is 272 g/mol. The molecule has 0 radical (unpaired) electrons. The van der Waals surface area contributed by atoms with Crippen LogP contribution in [0.15, 0.2) is 0 Å². The fourth-order valence-corrected chi connectivity index (χ4v) is 4.06. The molecular formula is C14H28N2OS. The predicted molar refractivity (Wildman–Crippen MR) is 79.4 cm³/mol. The Bertz CT molecular complexity index is 222. The maximum atomic E-state index is 5.11. The van der Waals surface area contributed by atoms with Crippen molar-refractivity contribution in [1.82, 2.24) is 10.2 Å². The van der Waals surface area contributed by atoms with Crippen LogP contribution in [0.2, 0.25) is 0 Å². The van der Waals surface area contributed by atoms with E-state index in [0.29, 0.717) is 0 Å². The molecule has 0 bridgehead atoms. The van der Waals surface area contributed by atoms with Crippen molar-refractivity contribution >= 4 is 11.8 Å². The first-order chi connectivity index (χ1) is 8.88. The van der Waals surface area contributed by atoms with Crippen LogP contribution in [-0.4, -0.2) is 62.3 Å². The maximum Gasteiger partial charge on any atom is 0.0474 e. The smallest absolute Gasteiger partial charge is 0.0474 e. The highest BCUT2D eigenvalue weighted by Crippen LogP contribution is 2.19. The number of hydrogen-bond donors (Lipinski definition) is 1. The lowest BCUT2D eigenvalue weighted by Crippen LogP contribution is -2.36. The molecule has 18 heavy (non-hydrogen) atoms. The van der Waals surface area contributed by atoms with E-state index < -0.39 is 0 Å². The van der Waals surface area contributed by atoms with Crippen LogP contribution in [0.25, 0.3) is 0 Å². The Labute approximate surface area is 116 Å². The van der Waals surface area contributed by atoms with Crippen molar-refractivity contribution in [2.24, 2.45) is 5.92 Å². The normalized spacial score (nSPS) is 26.8. The van der Waals surface area contributed by atoms with Crippen molar-refractivity contribution in [1.29, 1.82) is 0 Å². The summed E-state index contributed by atoms with van der Waals surface area (Å²) < 4.78 is 5.11. The van der Waals surface area contributed by atoms with Crippen LogP contribution in [0.1, 0.15) is 25.7 Å². The average molecular weight is 272 g/mol. The Kier molecular flexibility index (Phi) is 6.84. The van der Waals surface area contributed by atoms with Gasteiger partial charge in [0.2, 0.25) is 0 Å². The van der Waals surface area contributed by atoms with Gasteiger partial charge in [0.25, 0.3) is 0 Å². The largest absolute Gasteiger partial charge is 0.385 e. The van der Waals surface area contributed by atoms with E-state index in [9.17, 15) is 0 Å². The zero-order valence-electron chi connectivity index (χ0n) is 11.7. The molecule has 2 aliphatic heterocycles. The van der Waals surface area contributed by atoms with Gasteiger partial charge in [-0.15, -0.1) is 0 Å². The van der Waals surface area contributed by atoms with E-state index in [1.807, 2.05) is 0 Å². The molecule has 0 aromatic rings. The van der Waals surface area contributed by atoms with Gasteiger partial charge in [-0.05, 0) is 56.2 Å². The fraction of sp³-hybridized carbons (Fsp3) is 1.00. The molecule has 4 heteroatoms. The molecule has 2 aliphatic rings. The van der Waals surface area contributed by atoms with Crippen LogP contribution in [-0.2, 0) is 4.74 Å². The highest BCUT2D eigenvalue weighted by molar-refractivity contribution is 7.99. The SMILES string of the molecule is COCCCN1CC[C@@H](CNC2CCSCC2)C1. The van der Waals surface area contributed by atoms with E-state index in [1.54, 1.807) is 7.11 Å². The Hall–Kier alpha value is 0.230. The second-order valence-electron chi connectivity index (χ2n) is 5.60. The average Bonchev–Trinajstić information content (AvgIpc) is 2.86. The van der Waals surface area contributed by atoms with E-state index in [-0.39, 0.29) is 0 Å². The van der Waals surface area contributed by atoms with Crippen LogP contribution in [0.4, 0.5) is 0 Å². The van der Waals surface area contributed by atoms with E-state index in [1.165, 1.54) is 63.4 Å². The Morgan fingerprint density at radius 1 is 1.28 bits per heavy atom. The molecule has 0 saturated carbocycles. The molecule has 0 aromatic carbocycles.